The average molecular weight is 238 g/mol. The fourth-order valence-electron chi connectivity index (χ4n) is 1.01. The number of hydrogen-bond donors (Lipinski definition) is 1. The summed E-state index contributed by atoms with van der Waals surface area (Å²) in [6, 6.07) is 2.69. The maximum Gasteiger partial charge on any atom is 0.312 e. The van der Waals surface area contributed by atoms with Crippen LogP contribution in [0.15, 0.2) is 35.7 Å². The van der Waals surface area contributed by atoms with Crippen molar-refractivity contribution in [1.82, 2.24) is 19.9 Å². The summed E-state index contributed by atoms with van der Waals surface area (Å²) in [7, 11) is -4.34. The highest BCUT2D eigenvalue weighted by molar-refractivity contribution is 7.85. The van der Waals surface area contributed by atoms with E-state index in [4.69, 9.17) is 4.55 Å². The molecule has 0 aliphatic carbocycles. The van der Waals surface area contributed by atoms with E-state index in [9.17, 15) is 8.42 Å². The zero-order valence-corrected chi connectivity index (χ0v) is 8.66. The van der Waals surface area contributed by atoms with Gasteiger partial charge in [-0.1, -0.05) is 0 Å². The molecule has 0 bridgehead atoms. The lowest BCUT2D eigenvalue weighted by molar-refractivity contribution is 0.479. The van der Waals surface area contributed by atoms with Crippen LogP contribution in [0.25, 0.3) is 11.6 Å². The van der Waals surface area contributed by atoms with Gasteiger partial charge in [0.05, 0.1) is 0 Å². The van der Waals surface area contributed by atoms with Crippen LogP contribution in [0.5, 0.6) is 0 Å². The fraction of sp³-hybridized carbons (Fsp3) is 0. The Labute approximate surface area is 91.0 Å². The Morgan fingerprint density at radius 2 is 1.62 bits per heavy atom. The van der Waals surface area contributed by atoms with E-state index in [2.05, 4.69) is 19.9 Å². The molecule has 82 valence electrons. The van der Waals surface area contributed by atoms with Crippen LogP contribution in [0.2, 0.25) is 0 Å². The van der Waals surface area contributed by atoms with Gasteiger partial charge >= 0.3 is 10.1 Å². The monoisotopic (exact) mass is 238 g/mol. The van der Waals surface area contributed by atoms with Gasteiger partial charge in [0, 0.05) is 18.6 Å². The van der Waals surface area contributed by atoms with Crippen LogP contribution in [0.3, 0.4) is 0 Å². The largest absolute Gasteiger partial charge is 0.312 e. The standard InChI is InChI=1S/C8H6N4O3S/c13-16(14,15)6-2-5-11-8(12-6)7-9-3-1-4-10-7/h1-5H,(H,13,14,15). The van der Waals surface area contributed by atoms with Crippen molar-refractivity contribution in [1.29, 1.82) is 0 Å². The number of aromatic nitrogens is 4. The summed E-state index contributed by atoms with van der Waals surface area (Å²) < 4.78 is 30.5. The van der Waals surface area contributed by atoms with Crippen molar-refractivity contribution < 1.29 is 13.0 Å². The molecule has 0 atom stereocenters. The van der Waals surface area contributed by atoms with E-state index in [0.717, 1.165) is 6.07 Å². The molecule has 2 rings (SSSR count). The molecule has 8 heteroatoms. The SMILES string of the molecule is O=S(=O)(O)c1ccnc(-c2ncccn2)n1. The molecule has 0 fully saturated rings. The molecule has 2 aromatic heterocycles. The third kappa shape index (κ3) is 2.18. The first-order chi connectivity index (χ1) is 7.57. The van der Waals surface area contributed by atoms with Gasteiger partial charge in [-0.25, -0.2) is 19.9 Å². The molecule has 2 heterocycles. The third-order valence-electron chi connectivity index (χ3n) is 1.66. The zero-order chi connectivity index (χ0) is 11.6. The van der Waals surface area contributed by atoms with Crippen molar-refractivity contribution in [3.63, 3.8) is 0 Å². The molecule has 0 amide bonds. The number of rotatable bonds is 2. The highest BCUT2D eigenvalue weighted by Gasteiger charge is 2.13. The summed E-state index contributed by atoms with van der Waals surface area (Å²) in [5.41, 5.74) is 0. The van der Waals surface area contributed by atoms with Gasteiger partial charge in [-0.3, -0.25) is 4.55 Å². The molecule has 0 aliphatic rings. The van der Waals surface area contributed by atoms with Crippen LogP contribution in [0.4, 0.5) is 0 Å². The highest BCUT2D eigenvalue weighted by Crippen LogP contribution is 2.10. The maximum atomic E-state index is 10.8. The summed E-state index contributed by atoms with van der Waals surface area (Å²) in [4.78, 5) is 15.2. The van der Waals surface area contributed by atoms with Gasteiger partial charge in [0.25, 0.3) is 0 Å². The molecule has 0 unspecified atom stereocenters. The van der Waals surface area contributed by atoms with Crippen molar-refractivity contribution in [3.8, 4) is 11.6 Å². The zero-order valence-electron chi connectivity index (χ0n) is 7.85. The smallest absolute Gasteiger partial charge is 0.281 e. The third-order valence-corrected chi connectivity index (χ3v) is 2.42. The molecule has 0 saturated carbocycles. The van der Waals surface area contributed by atoms with Crippen LogP contribution in [-0.4, -0.2) is 32.9 Å². The molecule has 0 radical (unpaired) electrons. The predicted molar refractivity (Wildman–Crippen MR) is 52.9 cm³/mol. The minimum atomic E-state index is -4.34. The molecule has 2 aromatic rings. The molecule has 0 aliphatic heterocycles. The second-order valence-corrected chi connectivity index (χ2v) is 4.13. The summed E-state index contributed by atoms with van der Waals surface area (Å²) in [5, 5.41) is -0.482. The summed E-state index contributed by atoms with van der Waals surface area (Å²) >= 11 is 0. The average Bonchev–Trinajstić information content (AvgIpc) is 2.29. The molecule has 1 N–H and O–H groups in total. The highest BCUT2D eigenvalue weighted by atomic mass is 32.2. The van der Waals surface area contributed by atoms with E-state index in [-0.39, 0.29) is 11.6 Å². The van der Waals surface area contributed by atoms with Gasteiger partial charge in [-0.15, -0.1) is 0 Å². The normalized spacial score (nSPS) is 11.3. The van der Waals surface area contributed by atoms with E-state index in [1.54, 1.807) is 6.07 Å². The number of hydrogen-bond acceptors (Lipinski definition) is 6. The molecular formula is C8H6N4O3S. The lowest BCUT2D eigenvalue weighted by Crippen LogP contribution is -2.04. The first kappa shape index (κ1) is 10.6. The van der Waals surface area contributed by atoms with Crippen LogP contribution in [0, 0.1) is 0 Å². The summed E-state index contributed by atoms with van der Waals surface area (Å²) in [6.07, 6.45) is 4.17. The van der Waals surface area contributed by atoms with Gasteiger partial charge < -0.3 is 0 Å². The van der Waals surface area contributed by atoms with Gasteiger partial charge in [0.2, 0.25) is 0 Å². The first-order valence-corrected chi connectivity index (χ1v) is 5.59. The van der Waals surface area contributed by atoms with Crippen LogP contribution in [-0.2, 0) is 10.1 Å². The van der Waals surface area contributed by atoms with E-state index in [0.29, 0.717) is 0 Å². The minimum absolute atomic E-state index is 0.0377. The van der Waals surface area contributed by atoms with Gasteiger partial charge in [-0.2, -0.15) is 8.42 Å². The Bertz CT molecular complexity index is 600. The van der Waals surface area contributed by atoms with Crippen molar-refractivity contribution >= 4 is 10.1 Å². The second kappa shape index (κ2) is 3.91. The minimum Gasteiger partial charge on any atom is -0.281 e. The van der Waals surface area contributed by atoms with E-state index < -0.39 is 15.1 Å². The van der Waals surface area contributed by atoms with E-state index in [1.165, 1.54) is 18.6 Å². The van der Waals surface area contributed by atoms with E-state index in [1.807, 2.05) is 0 Å². The van der Waals surface area contributed by atoms with Crippen LogP contribution in [0.1, 0.15) is 0 Å². The van der Waals surface area contributed by atoms with Crippen molar-refractivity contribution in [2.45, 2.75) is 5.03 Å². The Morgan fingerprint density at radius 1 is 1.00 bits per heavy atom. The van der Waals surface area contributed by atoms with Crippen LogP contribution < -0.4 is 0 Å². The lowest BCUT2D eigenvalue weighted by Gasteiger charge is -1.99. The van der Waals surface area contributed by atoms with Crippen molar-refractivity contribution in [2.75, 3.05) is 0 Å². The Morgan fingerprint density at radius 3 is 2.25 bits per heavy atom. The predicted octanol–water partition coefficient (Wildman–Crippen LogP) is 0.180. The molecule has 16 heavy (non-hydrogen) atoms. The second-order valence-electron chi connectivity index (χ2n) is 2.77. The van der Waals surface area contributed by atoms with Crippen molar-refractivity contribution in [2.24, 2.45) is 0 Å². The Kier molecular flexibility index (Phi) is 2.59. The molecular weight excluding hydrogens is 232 g/mol. The van der Waals surface area contributed by atoms with Gasteiger partial charge in [0.15, 0.2) is 16.7 Å². The topological polar surface area (TPSA) is 106 Å². The van der Waals surface area contributed by atoms with Gasteiger partial charge in [-0.05, 0) is 12.1 Å². The van der Waals surface area contributed by atoms with E-state index >= 15 is 0 Å². The maximum absolute atomic E-state index is 10.8. The van der Waals surface area contributed by atoms with Crippen LogP contribution >= 0.6 is 0 Å². The molecule has 0 saturated heterocycles. The fourth-order valence-corrected chi connectivity index (χ4v) is 1.44. The quantitative estimate of drug-likeness (QED) is 0.587. The molecule has 0 spiro atoms. The lowest BCUT2D eigenvalue weighted by atomic mass is 10.5. The number of nitrogens with zero attached hydrogens (tertiary/aromatic N) is 4. The molecule has 0 aromatic carbocycles. The van der Waals surface area contributed by atoms with Gasteiger partial charge in [0.1, 0.15) is 0 Å². The summed E-state index contributed by atoms with van der Waals surface area (Å²) in [6.45, 7) is 0. The summed E-state index contributed by atoms with van der Waals surface area (Å²) in [5.74, 6) is 0.226. The van der Waals surface area contributed by atoms with Crippen molar-refractivity contribution in [3.05, 3.63) is 30.7 Å². The first-order valence-electron chi connectivity index (χ1n) is 4.15. The Hall–Kier alpha value is -1.93. The molecule has 7 nitrogen and oxygen atoms in total. The Balaban J connectivity index is 2.53.